The van der Waals surface area contributed by atoms with E-state index in [2.05, 4.69) is 15.0 Å². The molecule has 1 atom stereocenters. The van der Waals surface area contributed by atoms with E-state index in [0.29, 0.717) is 17.3 Å². The molecule has 3 aromatic rings. The van der Waals surface area contributed by atoms with Crippen molar-refractivity contribution in [2.24, 2.45) is 5.11 Å². The lowest BCUT2D eigenvalue weighted by Crippen LogP contribution is -2.43. The summed E-state index contributed by atoms with van der Waals surface area (Å²) in [5.41, 5.74) is 9.29. The van der Waals surface area contributed by atoms with Gasteiger partial charge in [0.1, 0.15) is 5.69 Å². The highest BCUT2D eigenvalue weighted by Gasteiger charge is 2.41. The third-order valence-electron chi connectivity index (χ3n) is 4.78. The number of ether oxygens (including phenoxy) is 1. The number of oxazole rings is 1. The molecule has 0 saturated carbocycles. The molecule has 158 valence electrons. The average Bonchev–Trinajstić information content (AvgIpc) is 3.23. The molecule has 0 fully saturated rings. The molecule has 0 aliphatic rings. The maximum Gasteiger partial charge on any atom is 0.325 e. The fourth-order valence-electron chi connectivity index (χ4n) is 3.08. The summed E-state index contributed by atoms with van der Waals surface area (Å²) in [6.45, 7) is 2.94. The van der Waals surface area contributed by atoms with Crippen LogP contribution in [0, 0.1) is 0 Å². The molecule has 2 aromatic carbocycles. The summed E-state index contributed by atoms with van der Waals surface area (Å²) < 4.78 is 10.9. The van der Waals surface area contributed by atoms with E-state index in [1.165, 1.54) is 6.92 Å². The summed E-state index contributed by atoms with van der Waals surface area (Å²) in [6.07, 6.45) is 0.0404. The maximum absolute atomic E-state index is 12.7. The molecule has 0 aliphatic heterocycles. The molecule has 31 heavy (non-hydrogen) atoms. The van der Waals surface area contributed by atoms with Crippen LogP contribution in [-0.2, 0) is 20.7 Å². The van der Waals surface area contributed by atoms with Crippen molar-refractivity contribution >= 4 is 11.8 Å². The highest BCUT2D eigenvalue weighted by molar-refractivity contribution is 6.08. The number of Topliss-reactive ketones (excluding diaryl/α,β-unsaturated/α-hetero) is 1. The van der Waals surface area contributed by atoms with Gasteiger partial charge in [0, 0.05) is 28.9 Å². The Bertz CT molecular complexity index is 1050. The Morgan fingerprint density at radius 1 is 1.10 bits per heavy atom. The molecule has 8 heteroatoms. The number of esters is 1. The molecule has 0 N–H and O–H groups in total. The number of aryl methyl sites for hydroxylation is 1. The minimum atomic E-state index is -1.93. The number of aromatic nitrogens is 1. The van der Waals surface area contributed by atoms with Crippen LogP contribution in [0.15, 0.2) is 70.2 Å². The quantitative estimate of drug-likeness (QED) is 0.157. The van der Waals surface area contributed by atoms with Crippen LogP contribution in [0.2, 0.25) is 0 Å². The van der Waals surface area contributed by atoms with Gasteiger partial charge in [-0.15, -0.1) is 0 Å². The smallest absolute Gasteiger partial charge is 0.325 e. The van der Waals surface area contributed by atoms with Crippen molar-refractivity contribution in [2.75, 3.05) is 6.61 Å². The van der Waals surface area contributed by atoms with Crippen molar-refractivity contribution < 1.29 is 18.7 Å². The number of carbonyl (C=O) groups excluding carboxylic acids is 2. The topological polar surface area (TPSA) is 118 Å². The molecule has 1 unspecified atom stereocenters. The zero-order chi connectivity index (χ0) is 22.3. The lowest BCUT2D eigenvalue weighted by Gasteiger charge is -2.19. The van der Waals surface area contributed by atoms with Gasteiger partial charge in [-0.2, -0.15) is 0 Å². The number of ketones is 1. The summed E-state index contributed by atoms with van der Waals surface area (Å²) in [6, 6.07) is 19.1. The second-order valence-electron chi connectivity index (χ2n) is 6.92. The fourth-order valence-corrected chi connectivity index (χ4v) is 3.08. The van der Waals surface area contributed by atoms with E-state index in [1.807, 2.05) is 60.7 Å². The van der Waals surface area contributed by atoms with Gasteiger partial charge in [0.05, 0.1) is 6.61 Å². The molecule has 1 heterocycles. The molecule has 0 spiro atoms. The standard InChI is InChI=1S/C23H22N4O4/c1-3-30-22(29)23(2,26-27-24)18(28)14-15-19-25-20(16-10-6-4-7-11-16)21(31-19)17-12-8-5-9-13-17/h4-13H,3,14-15H2,1-2H3. The van der Waals surface area contributed by atoms with Crippen LogP contribution >= 0.6 is 0 Å². The minimum absolute atomic E-state index is 0.0727. The van der Waals surface area contributed by atoms with Gasteiger partial charge in [-0.1, -0.05) is 65.8 Å². The molecule has 0 radical (unpaired) electrons. The average molecular weight is 418 g/mol. The monoisotopic (exact) mass is 418 g/mol. The lowest BCUT2D eigenvalue weighted by molar-refractivity contribution is -0.152. The number of hydrogen-bond acceptors (Lipinski definition) is 6. The Morgan fingerprint density at radius 3 is 2.29 bits per heavy atom. The Labute approximate surface area is 179 Å². The number of benzene rings is 2. The van der Waals surface area contributed by atoms with Crippen LogP contribution in [0.3, 0.4) is 0 Å². The zero-order valence-electron chi connectivity index (χ0n) is 17.3. The van der Waals surface area contributed by atoms with Crippen LogP contribution < -0.4 is 0 Å². The maximum atomic E-state index is 12.7. The zero-order valence-corrected chi connectivity index (χ0v) is 17.3. The van der Waals surface area contributed by atoms with Crippen LogP contribution in [0.1, 0.15) is 26.2 Å². The molecule has 3 rings (SSSR count). The predicted octanol–water partition coefficient (Wildman–Crippen LogP) is 5.14. The Hall–Kier alpha value is -3.90. The van der Waals surface area contributed by atoms with Gasteiger partial charge in [0.2, 0.25) is 5.54 Å². The first-order chi connectivity index (χ1) is 15.0. The summed E-state index contributed by atoms with van der Waals surface area (Å²) in [7, 11) is 0. The van der Waals surface area contributed by atoms with Gasteiger partial charge >= 0.3 is 5.97 Å². The molecule has 8 nitrogen and oxygen atoms in total. The largest absolute Gasteiger partial charge is 0.465 e. The van der Waals surface area contributed by atoms with Crippen molar-refractivity contribution in [1.82, 2.24) is 4.98 Å². The molecule has 0 bridgehead atoms. The van der Waals surface area contributed by atoms with Gasteiger partial charge in [0.25, 0.3) is 0 Å². The Balaban J connectivity index is 1.88. The normalized spacial score (nSPS) is 12.5. The van der Waals surface area contributed by atoms with Gasteiger partial charge < -0.3 is 9.15 Å². The summed E-state index contributed by atoms with van der Waals surface area (Å²) in [4.78, 5) is 32.2. The van der Waals surface area contributed by atoms with Crippen LogP contribution in [-0.4, -0.2) is 28.9 Å². The number of carbonyl (C=O) groups is 2. The fraction of sp³-hybridized carbons (Fsp3) is 0.261. The SMILES string of the molecule is CCOC(=O)C(C)(N=[N+]=[N-])C(=O)CCc1nc(-c2ccccc2)c(-c2ccccc2)o1. The van der Waals surface area contributed by atoms with E-state index >= 15 is 0 Å². The van der Waals surface area contributed by atoms with E-state index in [9.17, 15) is 9.59 Å². The van der Waals surface area contributed by atoms with Crippen molar-refractivity contribution in [3.05, 3.63) is 77.0 Å². The van der Waals surface area contributed by atoms with E-state index in [-0.39, 0.29) is 19.4 Å². The number of nitrogens with zero attached hydrogens (tertiary/aromatic N) is 4. The Kier molecular flexibility index (Phi) is 6.85. The first-order valence-corrected chi connectivity index (χ1v) is 9.87. The van der Waals surface area contributed by atoms with Gasteiger partial charge in [-0.05, 0) is 19.4 Å². The molecular weight excluding hydrogens is 396 g/mol. The number of rotatable bonds is 9. The van der Waals surface area contributed by atoms with Crippen molar-refractivity contribution in [1.29, 1.82) is 0 Å². The van der Waals surface area contributed by atoms with Crippen molar-refractivity contribution in [2.45, 2.75) is 32.2 Å². The summed E-state index contributed by atoms with van der Waals surface area (Å²) in [5.74, 6) is -0.500. The molecule has 0 amide bonds. The molecule has 1 aromatic heterocycles. The van der Waals surface area contributed by atoms with Gasteiger partial charge in [0.15, 0.2) is 17.4 Å². The van der Waals surface area contributed by atoms with Crippen molar-refractivity contribution in [3.8, 4) is 22.6 Å². The summed E-state index contributed by atoms with van der Waals surface area (Å²) >= 11 is 0. The predicted molar refractivity (Wildman–Crippen MR) is 115 cm³/mol. The van der Waals surface area contributed by atoms with E-state index < -0.39 is 17.3 Å². The van der Waals surface area contributed by atoms with E-state index in [1.54, 1.807) is 6.92 Å². The first kappa shape index (κ1) is 21.8. The second-order valence-corrected chi connectivity index (χ2v) is 6.92. The molecule has 0 aliphatic carbocycles. The van der Waals surface area contributed by atoms with Crippen molar-refractivity contribution in [3.63, 3.8) is 0 Å². The highest BCUT2D eigenvalue weighted by Crippen LogP contribution is 2.33. The third-order valence-corrected chi connectivity index (χ3v) is 4.78. The van der Waals surface area contributed by atoms with Gasteiger partial charge in [-0.25, -0.2) is 4.98 Å². The van der Waals surface area contributed by atoms with Crippen LogP contribution in [0.25, 0.3) is 33.0 Å². The highest BCUT2D eigenvalue weighted by atomic mass is 16.5. The lowest BCUT2D eigenvalue weighted by atomic mass is 9.94. The van der Waals surface area contributed by atoms with Crippen LogP contribution in [0.5, 0.6) is 0 Å². The van der Waals surface area contributed by atoms with Crippen LogP contribution in [0.4, 0.5) is 0 Å². The Morgan fingerprint density at radius 2 is 1.71 bits per heavy atom. The third kappa shape index (κ3) is 4.82. The minimum Gasteiger partial charge on any atom is -0.465 e. The van der Waals surface area contributed by atoms with E-state index in [0.717, 1.165) is 11.1 Å². The molecular formula is C23H22N4O4. The summed E-state index contributed by atoms with van der Waals surface area (Å²) in [5, 5.41) is 3.41. The number of hydrogen-bond donors (Lipinski definition) is 0. The second kappa shape index (κ2) is 9.73. The first-order valence-electron chi connectivity index (χ1n) is 9.87. The number of azide groups is 1. The van der Waals surface area contributed by atoms with Gasteiger partial charge in [-0.3, -0.25) is 9.59 Å². The molecule has 0 saturated heterocycles. The van der Waals surface area contributed by atoms with E-state index in [4.69, 9.17) is 14.7 Å².